The molecule has 5 heteroatoms. The van der Waals surface area contributed by atoms with Crippen LogP contribution in [0.15, 0.2) is 66.9 Å². The van der Waals surface area contributed by atoms with Crippen molar-refractivity contribution >= 4 is 23.3 Å². The number of aromatic nitrogens is 1. The standard InChI is InChI=1S/C21H22ClN3O/c1-2-16-7-11-19(12-8-16)24-21(26)23-14-20-4-3-13-25(20)15-17-5-9-18(22)10-6-17/h3-13H,2,14-15H2,1H3,(H2,23,24,26). The fourth-order valence-electron chi connectivity index (χ4n) is 2.72. The normalized spacial score (nSPS) is 10.5. The van der Waals surface area contributed by atoms with Crippen LogP contribution in [-0.2, 0) is 19.5 Å². The van der Waals surface area contributed by atoms with Gasteiger partial charge in [0.15, 0.2) is 0 Å². The fraction of sp³-hybridized carbons (Fsp3) is 0.190. The quantitative estimate of drug-likeness (QED) is 0.627. The van der Waals surface area contributed by atoms with Crippen LogP contribution in [0.2, 0.25) is 5.02 Å². The maximum Gasteiger partial charge on any atom is 0.319 e. The van der Waals surface area contributed by atoms with Crippen molar-refractivity contribution < 1.29 is 4.79 Å². The molecule has 26 heavy (non-hydrogen) atoms. The number of aryl methyl sites for hydroxylation is 1. The number of carbonyl (C=O) groups excluding carboxylic acids is 1. The molecule has 2 N–H and O–H groups in total. The Bertz CT molecular complexity index is 854. The second-order valence-electron chi connectivity index (χ2n) is 6.11. The van der Waals surface area contributed by atoms with Crippen LogP contribution in [-0.4, -0.2) is 10.6 Å². The first-order chi connectivity index (χ1) is 12.6. The van der Waals surface area contributed by atoms with E-state index in [1.54, 1.807) is 0 Å². The smallest absolute Gasteiger partial charge is 0.319 e. The van der Waals surface area contributed by atoms with Crippen LogP contribution in [0.1, 0.15) is 23.7 Å². The Kier molecular flexibility index (Phi) is 5.97. The van der Waals surface area contributed by atoms with Crippen LogP contribution in [0.4, 0.5) is 10.5 Å². The van der Waals surface area contributed by atoms with E-state index < -0.39 is 0 Å². The van der Waals surface area contributed by atoms with Crippen molar-refractivity contribution in [3.8, 4) is 0 Å². The maximum absolute atomic E-state index is 12.1. The topological polar surface area (TPSA) is 46.1 Å². The lowest BCUT2D eigenvalue weighted by Crippen LogP contribution is -2.29. The summed E-state index contributed by atoms with van der Waals surface area (Å²) in [6.07, 6.45) is 2.99. The van der Waals surface area contributed by atoms with Gasteiger partial charge in [0, 0.05) is 29.1 Å². The molecule has 4 nitrogen and oxygen atoms in total. The van der Waals surface area contributed by atoms with Gasteiger partial charge < -0.3 is 15.2 Å². The van der Waals surface area contributed by atoms with Gasteiger partial charge in [0.05, 0.1) is 6.54 Å². The van der Waals surface area contributed by atoms with Crippen molar-refractivity contribution in [3.05, 3.63) is 88.7 Å². The molecule has 0 fully saturated rings. The number of amides is 2. The molecule has 2 aromatic carbocycles. The van der Waals surface area contributed by atoms with Gasteiger partial charge in [0.1, 0.15) is 0 Å². The number of nitrogens with one attached hydrogen (secondary N) is 2. The van der Waals surface area contributed by atoms with Gasteiger partial charge >= 0.3 is 6.03 Å². The number of nitrogens with zero attached hydrogens (tertiary/aromatic N) is 1. The molecule has 1 heterocycles. The number of hydrogen-bond acceptors (Lipinski definition) is 1. The van der Waals surface area contributed by atoms with Crippen LogP contribution < -0.4 is 10.6 Å². The Balaban J connectivity index is 1.55. The van der Waals surface area contributed by atoms with Crippen molar-refractivity contribution in [2.24, 2.45) is 0 Å². The fourth-order valence-corrected chi connectivity index (χ4v) is 2.85. The Morgan fingerprint density at radius 2 is 1.69 bits per heavy atom. The minimum Gasteiger partial charge on any atom is -0.345 e. The summed E-state index contributed by atoms with van der Waals surface area (Å²) in [4.78, 5) is 12.1. The molecule has 1 aromatic heterocycles. The molecule has 0 unspecified atom stereocenters. The lowest BCUT2D eigenvalue weighted by Gasteiger charge is -2.12. The van der Waals surface area contributed by atoms with Crippen molar-refractivity contribution in [2.75, 3.05) is 5.32 Å². The molecule has 2 amide bonds. The summed E-state index contributed by atoms with van der Waals surface area (Å²) in [6, 6.07) is 19.4. The molecule has 0 saturated carbocycles. The van der Waals surface area contributed by atoms with Crippen molar-refractivity contribution in [1.82, 2.24) is 9.88 Å². The highest BCUT2D eigenvalue weighted by atomic mass is 35.5. The second kappa shape index (κ2) is 8.59. The monoisotopic (exact) mass is 367 g/mol. The van der Waals surface area contributed by atoms with Crippen LogP contribution in [0.5, 0.6) is 0 Å². The van der Waals surface area contributed by atoms with Crippen molar-refractivity contribution in [2.45, 2.75) is 26.4 Å². The summed E-state index contributed by atoms with van der Waals surface area (Å²) >= 11 is 5.93. The molecule has 134 valence electrons. The SMILES string of the molecule is CCc1ccc(NC(=O)NCc2cccn2Cc2ccc(Cl)cc2)cc1. The molecule has 0 spiro atoms. The molecule has 0 aliphatic heterocycles. The van der Waals surface area contributed by atoms with Crippen LogP contribution in [0, 0.1) is 0 Å². The largest absolute Gasteiger partial charge is 0.345 e. The first-order valence-corrected chi connectivity index (χ1v) is 9.04. The Morgan fingerprint density at radius 1 is 1.00 bits per heavy atom. The minimum atomic E-state index is -0.214. The number of anilines is 1. The summed E-state index contributed by atoms with van der Waals surface area (Å²) in [6.45, 7) is 3.30. The highest BCUT2D eigenvalue weighted by Gasteiger charge is 2.06. The first kappa shape index (κ1) is 18.1. The van der Waals surface area contributed by atoms with Crippen molar-refractivity contribution in [1.29, 1.82) is 0 Å². The Morgan fingerprint density at radius 3 is 2.38 bits per heavy atom. The van der Waals surface area contributed by atoms with E-state index in [0.717, 1.165) is 34.9 Å². The summed E-state index contributed by atoms with van der Waals surface area (Å²) in [7, 11) is 0. The van der Waals surface area contributed by atoms with E-state index in [4.69, 9.17) is 11.6 Å². The number of hydrogen-bond donors (Lipinski definition) is 2. The molecule has 3 rings (SSSR count). The van der Waals surface area contributed by atoms with Gasteiger partial charge in [-0.05, 0) is 53.9 Å². The maximum atomic E-state index is 12.1. The van der Waals surface area contributed by atoms with Gasteiger partial charge in [-0.2, -0.15) is 0 Å². The Labute approximate surface area is 158 Å². The predicted octanol–water partition coefficient (Wildman–Crippen LogP) is 5.07. The number of urea groups is 1. The van der Waals surface area contributed by atoms with E-state index in [9.17, 15) is 4.79 Å². The molecule has 0 atom stereocenters. The zero-order valence-corrected chi connectivity index (χ0v) is 15.5. The molecular formula is C21H22ClN3O. The van der Waals surface area contributed by atoms with E-state index >= 15 is 0 Å². The van der Waals surface area contributed by atoms with E-state index in [0.29, 0.717) is 6.54 Å². The molecule has 0 aliphatic carbocycles. The molecule has 3 aromatic rings. The van der Waals surface area contributed by atoms with Gasteiger partial charge in [-0.1, -0.05) is 42.8 Å². The summed E-state index contributed by atoms with van der Waals surface area (Å²) in [5.41, 5.74) is 4.23. The van der Waals surface area contributed by atoms with E-state index in [2.05, 4.69) is 22.1 Å². The van der Waals surface area contributed by atoms with Gasteiger partial charge in [0.2, 0.25) is 0 Å². The average Bonchev–Trinajstić information content (AvgIpc) is 3.09. The van der Waals surface area contributed by atoms with Crippen LogP contribution >= 0.6 is 11.6 Å². The minimum absolute atomic E-state index is 0.214. The van der Waals surface area contributed by atoms with Gasteiger partial charge in [-0.15, -0.1) is 0 Å². The van der Waals surface area contributed by atoms with Gasteiger partial charge in [-0.3, -0.25) is 0 Å². The van der Waals surface area contributed by atoms with Gasteiger partial charge in [0.25, 0.3) is 0 Å². The summed E-state index contributed by atoms with van der Waals surface area (Å²) in [5, 5.41) is 6.49. The lowest BCUT2D eigenvalue weighted by molar-refractivity contribution is 0.251. The third-order valence-electron chi connectivity index (χ3n) is 4.24. The van der Waals surface area contributed by atoms with E-state index in [1.165, 1.54) is 5.56 Å². The third-order valence-corrected chi connectivity index (χ3v) is 4.49. The second-order valence-corrected chi connectivity index (χ2v) is 6.55. The first-order valence-electron chi connectivity index (χ1n) is 8.66. The lowest BCUT2D eigenvalue weighted by atomic mass is 10.1. The van der Waals surface area contributed by atoms with Gasteiger partial charge in [-0.25, -0.2) is 4.79 Å². The highest BCUT2D eigenvalue weighted by Crippen LogP contribution is 2.13. The zero-order chi connectivity index (χ0) is 18.4. The number of benzene rings is 2. The zero-order valence-electron chi connectivity index (χ0n) is 14.7. The summed E-state index contributed by atoms with van der Waals surface area (Å²) < 4.78 is 2.11. The van der Waals surface area contributed by atoms with E-state index in [-0.39, 0.29) is 6.03 Å². The molecule has 0 bridgehead atoms. The Hall–Kier alpha value is -2.72. The molecule has 0 saturated heterocycles. The number of rotatable bonds is 6. The van der Waals surface area contributed by atoms with E-state index in [1.807, 2.05) is 66.9 Å². The number of carbonyl (C=O) groups is 1. The molecule has 0 radical (unpaired) electrons. The van der Waals surface area contributed by atoms with Crippen LogP contribution in [0.3, 0.4) is 0 Å². The van der Waals surface area contributed by atoms with Crippen molar-refractivity contribution in [3.63, 3.8) is 0 Å². The third kappa shape index (κ3) is 4.90. The summed E-state index contributed by atoms with van der Waals surface area (Å²) in [5.74, 6) is 0. The van der Waals surface area contributed by atoms with Crippen LogP contribution in [0.25, 0.3) is 0 Å². The molecule has 0 aliphatic rings. The highest BCUT2D eigenvalue weighted by molar-refractivity contribution is 6.30. The molecular weight excluding hydrogens is 346 g/mol. The predicted molar refractivity (Wildman–Crippen MR) is 107 cm³/mol. The number of halogens is 1. The average molecular weight is 368 g/mol.